The molecule has 1 aliphatic heterocycles. The molecule has 2 heterocycles. The molecule has 5 nitrogen and oxygen atoms in total. The van der Waals surface area contributed by atoms with E-state index in [4.69, 9.17) is 4.98 Å². The summed E-state index contributed by atoms with van der Waals surface area (Å²) in [5.41, 5.74) is 2.28. The number of nitrogens with one attached hydrogen (secondary N) is 4. The summed E-state index contributed by atoms with van der Waals surface area (Å²) in [7, 11) is 0. The van der Waals surface area contributed by atoms with Gasteiger partial charge in [0.05, 0.1) is 11.4 Å². The summed E-state index contributed by atoms with van der Waals surface area (Å²) in [5, 5.41) is 15.2. The van der Waals surface area contributed by atoms with Gasteiger partial charge in [-0.25, -0.2) is 0 Å². The van der Waals surface area contributed by atoms with Crippen molar-refractivity contribution in [3.63, 3.8) is 0 Å². The minimum absolute atomic E-state index is 0.550. The van der Waals surface area contributed by atoms with E-state index in [0.29, 0.717) is 24.2 Å². The Morgan fingerprint density at radius 3 is 1.52 bits per heavy atom. The summed E-state index contributed by atoms with van der Waals surface area (Å²) in [6, 6.07) is 6.58. The van der Waals surface area contributed by atoms with Crippen LogP contribution in [-0.2, 0) is 13.1 Å². The lowest BCUT2D eigenvalue weighted by atomic mass is 9.89. The van der Waals surface area contributed by atoms with Crippen LogP contribution in [0.15, 0.2) is 16.6 Å². The van der Waals surface area contributed by atoms with E-state index in [9.17, 15) is 0 Å². The molecule has 0 radical (unpaired) electrons. The molecule has 1 aromatic heterocycles. The fraction of sp³-hybridized carbons (Fsp3) is 0.762. The lowest BCUT2D eigenvalue weighted by Gasteiger charge is -2.34. The van der Waals surface area contributed by atoms with E-state index < -0.39 is 0 Å². The van der Waals surface area contributed by atoms with Crippen molar-refractivity contribution in [2.24, 2.45) is 0 Å². The van der Waals surface area contributed by atoms with E-state index in [-0.39, 0.29) is 0 Å². The van der Waals surface area contributed by atoms with E-state index >= 15 is 0 Å². The molecule has 4 N–H and O–H groups in total. The topological polar surface area (TPSA) is 61.0 Å². The highest BCUT2D eigenvalue weighted by atomic mass is 79.9. The molecule has 150 valence electrons. The Morgan fingerprint density at radius 2 is 1.07 bits per heavy atom. The normalized spacial score (nSPS) is 33.2. The summed E-state index contributed by atoms with van der Waals surface area (Å²) < 4.78 is 1.13. The molecule has 0 amide bonds. The summed E-state index contributed by atoms with van der Waals surface area (Å²) >= 11 is 3.69. The van der Waals surface area contributed by atoms with E-state index in [1.807, 2.05) is 0 Å². The van der Waals surface area contributed by atoms with Gasteiger partial charge in [-0.2, -0.15) is 0 Å². The molecule has 2 aliphatic carbocycles. The Hall–Kier alpha value is -0.530. The summed E-state index contributed by atoms with van der Waals surface area (Å²) in [6.07, 6.45) is 10.4. The van der Waals surface area contributed by atoms with Crippen LogP contribution in [0.2, 0.25) is 0 Å². The second-order valence-corrected chi connectivity index (χ2v) is 9.35. The Labute approximate surface area is 172 Å². The van der Waals surface area contributed by atoms with Crippen molar-refractivity contribution in [2.45, 2.75) is 88.6 Å². The van der Waals surface area contributed by atoms with Gasteiger partial charge in [0.1, 0.15) is 0 Å². The maximum atomic E-state index is 4.92. The van der Waals surface area contributed by atoms with E-state index in [1.54, 1.807) is 0 Å². The van der Waals surface area contributed by atoms with Gasteiger partial charge in [-0.15, -0.1) is 0 Å². The summed E-state index contributed by atoms with van der Waals surface area (Å²) in [4.78, 5) is 4.92. The lowest BCUT2D eigenvalue weighted by molar-refractivity contribution is 0.266. The first kappa shape index (κ1) is 19.8. The molecule has 2 fully saturated rings. The van der Waals surface area contributed by atoms with Crippen molar-refractivity contribution < 1.29 is 0 Å². The number of nitrogens with zero attached hydrogens (tertiary/aromatic N) is 1. The van der Waals surface area contributed by atoms with Crippen LogP contribution in [0.3, 0.4) is 0 Å². The molecule has 2 saturated carbocycles. The van der Waals surface area contributed by atoms with Crippen molar-refractivity contribution in [3.8, 4) is 0 Å². The molecule has 0 spiro atoms. The van der Waals surface area contributed by atoms with E-state index in [2.05, 4.69) is 49.3 Å². The van der Waals surface area contributed by atoms with Crippen LogP contribution in [0.25, 0.3) is 0 Å². The molecule has 0 aromatic carbocycles. The highest BCUT2D eigenvalue weighted by Gasteiger charge is 2.26. The maximum Gasteiger partial charge on any atom is 0.0556 e. The van der Waals surface area contributed by atoms with E-state index in [1.165, 1.54) is 51.4 Å². The maximum absolute atomic E-state index is 4.92. The van der Waals surface area contributed by atoms with Gasteiger partial charge in [0.2, 0.25) is 0 Å². The minimum atomic E-state index is 0.550. The average Bonchev–Trinajstić information content (AvgIpc) is 2.69. The number of aromatic nitrogens is 1. The monoisotopic (exact) mass is 435 g/mol. The predicted octanol–water partition coefficient (Wildman–Crippen LogP) is 2.84. The lowest BCUT2D eigenvalue weighted by Crippen LogP contribution is -2.53. The molecular formula is C21H34BrN5. The fourth-order valence-electron chi connectivity index (χ4n) is 5.02. The van der Waals surface area contributed by atoms with Crippen molar-refractivity contribution in [2.75, 3.05) is 13.1 Å². The molecule has 1 aromatic rings. The first-order chi connectivity index (χ1) is 13.3. The number of hydrogen-bond acceptors (Lipinski definition) is 5. The van der Waals surface area contributed by atoms with Crippen LogP contribution in [0.4, 0.5) is 0 Å². The van der Waals surface area contributed by atoms with Gasteiger partial charge < -0.3 is 21.3 Å². The predicted molar refractivity (Wildman–Crippen MR) is 114 cm³/mol. The summed E-state index contributed by atoms with van der Waals surface area (Å²) in [5.74, 6) is 0. The minimum Gasteiger partial charge on any atom is -0.311 e. The van der Waals surface area contributed by atoms with Crippen LogP contribution < -0.4 is 21.3 Å². The molecule has 2 bridgehead atoms. The van der Waals surface area contributed by atoms with Crippen LogP contribution >= 0.6 is 15.9 Å². The van der Waals surface area contributed by atoms with Crippen LogP contribution in [0.5, 0.6) is 0 Å². The standard InChI is InChI=1S/C21H34BrN5/c22-15-11-16-13-25-20-7-3-1-5-18(20)23-9-10-24-19-6-2-4-8-21(19)26-14-17(12-15)27-16/h11-12,18-21,23-26H,1-10,13-14H2/t18-,19?,20+,21?/m1/s1. The second kappa shape index (κ2) is 9.79. The molecule has 0 saturated heterocycles. The Bertz CT molecular complexity index is 562. The Balaban J connectivity index is 1.51. The Kier molecular flexibility index (Phi) is 7.17. The van der Waals surface area contributed by atoms with Gasteiger partial charge in [0.15, 0.2) is 0 Å². The zero-order chi connectivity index (χ0) is 18.5. The van der Waals surface area contributed by atoms with E-state index in [0.717, 1.165) is 42.0 Å². The molecule has 3 aliphatic rings. The fourth-order valence-corrected chi connectivity index (χ4v) is 5.54. The van der Waals surface area contributed by atoms with Crippen molar-refractivity contribution >= 4 is 15.9 Å². The van der Waals surface area contributed by atoms with Gasteiger partial charge in [-0.1, -0.05) is 41.6 Å². The number of halogens is 1. The first-order valence-corrected chi connectivity index (χ1v) is 11.7. The molecular weight excluding hydrogens is 402 g/mol. The van der Waals surface area contributed by atoms with Crippen molar-refractivity contribution in [1.82, 2.24) is 26.3 Å². The highest BCUT2D eigenvalue weighted by molar-refractivity contribution is 9.10. The largest absolute Gasteiger partial charge is 0.311 e. The van der Waals surface area contributed by atoms with Crippen molar-refractivity contribution in [1.29, 1.82) is 0 Å². The van der Waals surface area contributed by atoms with Crippen LogP contribution in [0.1, 0.15) is 62.8 Å². The number of rotatable bonds is 0. The molecule has 27 heavy (non-hydrogen) atoms. The third-order valence-corrected chi connectivity index (χ3v) is 6.91. The summed E-state index contributed by atoms with van der Waals surface area (Å²) in [6.45, 7) is 3.81. The highest BCUT2D eigenvalue weighted by Crippen LogP contribution is 2.21. The smallest absolute Gasteiger partial charge is 0.0556 e. The average molecular weight is 436 g/mol. The van der Waals surface area contributed by atoms with Gasteiger partial charge >= 0.3 is 0 Å². The zero-order valence-electron chi connectivity index (χ0n) is 16.3. The van der Waals surface area contributed by atoms with Gasteiger partial charge in [0.25, 0.3) is 0 Å². The molecule has 4 atom stereocenters. The Morgan fingerprint density at radius 1 is 0.667 bits per heavy atom. The second-order valence-electron chi connectivity index (χ2n) is 8.43. The van der Waals surface area contributed by atoms with Gasteiger partial charge in [0, 0.05) is 54.8 Å². The van der Waals surface area contributed by atoms with Gasteiger partial charge in [-0.05, 0) is 37.8 Å². The quantitative estimate of drug-likeness (QED) is 0.504. The zero-order valence-corrected chi connectivity index (χ0v) is 17.9. The number of fused-ring (bicyclic) bond motifs is 4. The third-order valence-electron chi connectivity index (χ3n) is 6.46. The molecule has 2 unspecified atom stereocenters. The number of hydrogen-bond donors (Lipinski definition) is 4. The first-order valence-electron chi connectivity index (χ1n) is 10.9. The van der Waals surface area contributed by atoms with Crippen LogP contribution in [-0.4, -0.2) is 42.2 Å². The third kappa shape index (κ3) is 5.51. The molecule has 4 rings (SSSR count). The number of pyridine rings is 1. The SMILES string of the molecule is Brc1cc2nc(c1)CN[C@H]1CCCC[C@H]1NCCNC1CCCCC1NC2. The van der Waals surface area contributed by atoms with Gasteiger partial charge in [-0.3, -0.25) is 4.98 Å². The van der Waals surface area contributed by atoms with Crippen LogP contribution in [0, 0.1) is 0 Å². The molecule has 6 heteroatoms. The van der Waals surface area contributed by atoms with Crippen molar-refractivity contribution in [3.05, 3.63) is 28.0 Å².